The van der Waals surface area contributed by atoms with Crippen LogP contribution in [0.1, 0.15) is 72.1 Å². The zero-order valence-electron chi connectivity index (χ0n) is 12.7. The lowest BCUT2D eigenvalue weighted by atomic mass is 10.1. The fraction of sp³-hybridized carbons (Fsp3) is 0.938. The highest BCUT2D eigenvalue weighted by atomic mass is 16.5. The van der Waals surface area contributed by atoms with Crippen LogP contribution in [-0.4, -0.2) is 25.4 Å². The molecule has 2 atom stereocenters. The summed E-state index contributed by atoms with van der Waals surface area (Å²) in [6.07, 6.45) is 9.94. The van der Waals surface area contributed by atoms with Gasteiger partial charge in [0.2, 0.25) is 0 Å². The molecule has 0 fully saturated rings. The van der Waals surface area contributed by atoms with Gasteiger partial charge >= 0.3 is 0 Å². The van der Waals surface area contributed by atoms with Crippen molar-refractivity contribution in [3.63, 3.8) is 0 Å². The molecule has 0 heterocycles. The monoisotopic (exact) mass is 257 g/mol. The van der Waals surface area contributed by atoms with Crippen molar-refractivity contribution in [1.29, 1.82) is 0 Å². The Morgan fingerprint density at radius 3 is 2.28 bits per heavy atom. The van der Waals surface area contributed by atoms with Crippen LogP contribution in [0, 0.1) is 6.92 Å². The largest absolute Gasteiger partial charge is 0.379 e. The molecule has 0 aliphatic rings. The quantitative estimate of drug-likeness (QED) is 0.442. The van der Waals surface area contributed by atoms with Crippen molar-refractivity contribution in [1.82, 2.24) is 0 Å². The molecule has 0 bridgehead atoms. The van der Waals surface area contributed by atoms with Gasteiger partial charge in [0.1, 0.15) is 0 Å². The molecule has 0 aliphatic carbocycles. The van der Waals surface area contributed by atoms with E-state index in [-0.39, 0.29) is 0 Å². The van der Waals surface area contributed by atoms with E-state index in [9.17, 15) is 0 Å². The van der Waals surface area contributed by atoms with Gasteiger partial charge in [0.05, 0.1) is 12.2 Å². The zero-order valence-corrected chi connectivity index (χ0v) is 12.7. The van der Waals surface area contributed by atoms with Crippen molar-refractivity contribution < 1.29 is 9.47 Å². The first-order valence-electron chi connectivity index (χ1n) is 7.77. The molecule has 2 nitrogen and oxygen atoms in total. The normalized spacial score (nSPS) is 14.7. The minimum atomic E-state index is 0.368. The molecule has 0 spiro atoms. The van der Waals surface area contributed by atoms with Gasteiger partial charge in [-0.25, -0.2) is 0 Å². The van der Waals surface area contributed by atoms with Gasteiger partial charge in [0, 0.05) is 13.2 Å². The highest BCUT2D eigenvalue weighted by Crippen LogP contribution is 2.11. The molecule has 18 heavy (non-hydrogen) atoms. The van der Waals surface area contributed by atoms with Crippen LogP contribution in [0.2, 0.25) is 0 Å². The molecular weight excluding hydrogens is 224 g/mol. The van der Waals surface area contributed by atoms with E-state index in [0.717, 1.165) is 32.5 Å². The average Bonchev–Trinajstić information content (AvgIpc) is 2.40. The molecule has 0 aliphatic heterocycles. The fourth-order valence-electron chi connectivity index (χ4n) is 1.76. The van der Waals surface area contributed by atoms with E-state index < -0.39 is 0 Å². The van der Waals surface area contributed by atoms with Gasteiger partial charge in [0.25, 0.3) is 0 Å². The van der Waals surface area contributed by atoms with Gasteiger partial charge in [-0.2, -0.15) is 0 Å². The van der Waals surface area contributed by atoms with Gasteiger partial charge in [-0.3, -0.25) is 0 Å². The summed E-state index contributed by atoms with van der Waals surface area (Å²) < 4.78 is 11.5. The Labute approximate surface area is 114 Å². The molecule has 0 rings (SSSR count). The first kappa shape index (κ1) is 17.9. The van der Waals surface area contributed by atoms with E-state index in [1.807, 2.05) is 0 Å². The van der Waals surface area contributed by atoms with E-state index in [1.54, 1.807) is 0 Å². The lowest BCUT2D eigenvalue weighted by Crippen LogP contribution is -2.13. The van der Waals surface area contributed by atoms with Crippen LogP contribution in [0.5, 0.6) is 0 Å². The Morgan fingerprint density at radius 2 is 1.67 bits per heavy atom. The molecule has 0 aromatic rings. The maximum absolute atomic E-state index is 5.80. The standard InChI is InChI=1S/C16H33O2/c1-5-8-13-18-16(7-3)12-10-9-11-14-17-15(4)6-2/h15-16H,3,5-14H2,1-2,4H3. The van der Waals surface area contributed by atoms with Crippen LogP contribution in [0.3, 0.4) is 0 Å². The maximum Gasteiger partial charge on any atom is 0.0575 e. The van der Waals surface area contributed by atoms with E-state index in [1.165, 1.54) is 32.1 Å². The molecular formula is C16H33O2. The summed E-state index contributed by atoms with van der Waals surface area (Å²) in [5.74, 6) is 0. The second-order valence-electron chi connectivity index (χ2n) is 5.07. The van der Waals surface area contributed by atoms with Gasteiger partial charge in [-0.15, -0.1) is 0 Å². The maximum atomic E-state index is 5.80. The fourth-order valence-corrected chi connectivity index (χ4v) is 1.76. The van der Waals surface area contributed by atoms with Crippen molar-refractivity contribution in [2.75, 3.05) is 13.2 Å². The van der Waals surface area contributed by atoms with E-state index in [0.29, 0.717) is 12.2 Å². The Kier molecular flexibility index (Phi) is 13.3. The van der Waals surface area contributed by atoms with Gasteiger partial charge in [0.15, 0.2) is 0 Å². The van der Waals surface area contributed by atoms with Crippen molar-refractivity contribution >= 4 is 0 Å². The van der Waals surface area contributed by atoms with E-state index in [2.05, 4.69) is 27.7 Å². The highest BCUT2D eigenvalue weighted by molar-refractivity contribution is 4.60. The third-order valence-electron chi connectivity index (χ3n) is 3.32. The summed E-state index contributed by atoms with van der Waals surface area (Å²) in [5, 5.41) is 0. The Balaban J connectivity index is 3.33. The smallest absolute Gasteiger partial charge is 0.0575 e. The topological polar surface area (TPSA) is 18.5 Å². The second kappa shape index (κ2) is 13.4. The Morgan fingerprint density at radius 1 is 0.944 bits per heavy atom. The van der Waals surface area contributed by atoms with Crippen LogP contribution in [-0.2, 0) is 9.47 Å². The highest BCUT2D eigenvalue weighted by Gasteiger charge is 2.05. The average molecular weight is 257 g/mol. The molecule has 2 unspecified atom stereocenters. The minimum absolute atomic E-state index is 0.368. The lowest BCUT2D eigenvalue weighted by molar-refractivity contribution is 0.0423. The lowest BCUT2D eigenvalue weighted by Gasteiger charge is -2.16. The zero-order chi connectivity index (χ0) is 13.6. The van der Waals surface area contributed by atoms with Crippen molar-refractivity contribution in [2.24, 2.45) is 0 Å². The number of rotatable bonds is 13. The van der Waals surface area contributed by atoms with Gasteiger partial charge < -0.3 is 9.47 Å². The summed E-state index contributed by atoms with van der Waals surface area (Å²) in [7, 11) is 0. The number of hydrogen-bond acceptors (Lipinski definition) is 2. The Bertz CT molecular complexity index is 159. The predicted molar refractivity (Wildman–Crippen MR) is 78.8 cm³/mol. The first-order chi connectivity index (χ1) is 8.74. The second-order valence-corrected chi connectivity index (χ2v) is 5.07. The summed E-state index contributed by atoms with van der Waals surface area (Å²) in [4.78, 5) is 0. The number of ether oxygens (including phenoxy) is 2. The summed E-state index contributed by atoms with van der Waals surface area (Å²) >= 11 is 0. The van der Waals surface area contributed by atoms with Crippen LogP contribution >= 0.6 is 0 Å². The SMILES string of the molecule is [CH2]CC(CCCCCOC(C)CC)OCCCC. The van der Waals surface area contributed by atoms with Crippen molar-refractivity contribution in [3.8, 4) is 0 Å². The number of unbranched alkanes of at least 4 members (excludes halogenated alkanes) is 3. The Hall–Kier alpha value is -0.0800. The summed E-state index contributed by atoms with van der Waals surface area (Å²) in [6, 6.07) is 0. The molecule has 0 amide bonds. The third-order valence-corrected chi connectivity index (χ3v) is 3.32. The first-order valence-corrected chi connectivity index (χ1v) is 7.77. The van der Waals surface area contributed by atoms with Gasteiger partial charge in [-0.05, 0) is 39.0 Å². The van der Waals surface area contributed by atoms with Crippen molar-refractivity contribution in [3.05, 3.63) is 6.92 Å². The number of hydrogen-bond donors (Lipinski definition) is 0. The molecule has 0 aromatic carbocycles. The third kappa shape index (κ3) is 11.0. The molecule has 2 heteroatoms. The predicted octanol–water partition coefficient (Wildman–Crippen LogP) is 4.77. The molecule has 1 radical (unpaired) electrons. The summed E-state index contributed by atoms with van der Waals surface area (Å²) in [5.41, 5.74) is 0. The van der Waals surface area contributed by atoms with Crippen LogP contribution in [0.25, 0.3) is 0 Å². The van der Waals surface area contributed by atoms with Crippen molar-refractivity contribution in [2.45, 2.75) is 84.3 Å². The molecule has 0 saturated heterocycles. The minimum Gasteiger partial charge on any atom is -0.379 e. The molecule has 0 aromatic heterocycles. The summed E-state index contributed by atoms with van der Waals surface area (Å²) in [6.45, 7) is 12.3. The molecule has 0 N–H and O–H groups in total. The van der Waals surface area contributed by atoms with E-state index in [4.69, 9.17) is 9.47 Å². The van der Waals surface area contributed by atoms with E-state index >= 15 is 0 Å². The van der Waals surface area contributed by atoms with Crippen LogP contribution in [0.15, 0.2) is 0 Å². The molecule has 109 valence electrons. The molecule has 0 saturated carbocycles. The van der Waals surface area contributed by atoms with Crippen LogP contribution < -0.4 is 0 Å². The van der Waals surface area contributed by atoms with Crippen LogP contribution in [0.4, 0.5) is 0 Å². The van der Waals surface area contributed by atoms with Gasteiger partial charge in [-0.1, -0.05) is 40.0 Å².